The average molecular weight is 286 g/mol. The largest absolute Gasteiger partial charge is 0.394 e. The second-order valence-corrected chi connectivity index (χ2v) is 4.99. The normalized spacial score (nSPS) is 25.6. The third-order valence-electron chi connectivity index (χ3n) is 2.77. The number of hydrogen-bond donors (Lipinski definition) is 2. The van der Waals surface area contributed by atoms with Gasteiger partial charge in [-0.15, -0.1) is 0 Å². The number of aliphatic hydroxyl groups excluding tert-OH is 1. The first kappa shape index (κ1) is 12.0. The summed E-state index contributed by atoms with van der Waals surface area (Å²) >= 11 is 3.42. The highest BCUT2D eigenvalue weighted by molar-refractivity contribution is 9.10. The number of nitrogens with one attached hydrogen (secondary N) is 1. The van der Waals surface area contributed by atoms with E-state index in [0.717, 1.165) is 17.4 Å². The number of hydrogen-bond acceptors (Lipinski definition) is 3. The molecule has 0 amide bonds. The lowest BCUT2D eigenvalue weighted by atomic mass is 10.1. The molecule has 1 saturated heterocycles. The Morgan fingerprint density at radius 2 is 2.12 bits per heavy atom. The van der Waals surface area contributed by atoms with Crippen molar-refractivity contribution in [2.45, 2.75) is 18.6 Å². The predicted octanol–water partition coefficient (Wildman–Crippen LogP) is 1.34. The topological polar surface area (TPSA) is 41.5 Å². The Bertz CT molecular complexity index is 320. The monoisotopic (exact) mass is 285 g/mol. The molecule has 0 aliphatic carbocycles. The molecule has 2 atom stereocenters. The Kier molecular flexibility index (Phi) is 4.35. The first-order chi connectivity index (χ1) is 7.78. The highest BCUT2D eigenvalue weighted by Gasteiger charge is 2.20. The molecule has 1 aromatic carbocycles. The molecule has 0 unspecified atom stereocenters. The van der Waals surface area contributed by atoms with Crippen molar-refractivity contribution in [2.75, 3.05) is 19.8 Å². The lowest BCUT2D eigenvalue weighted by Crippen LogP contribution is -2.48. The molecule has 1 aliphatic heterocycles. The summed E-state index contributed by atoms with van der Waals surface area (Å²) in [6, 6.07) is 8.68. The van der Waals surface area contributed by atoms with Crippen molar-refractivity contribution < 1.29 is 9.84 Å². The summed E-state index contributed by atoms with van der Waals surface area (Å²) in [7, 11) is 0. The first-order valence-electron chi connectivity index (χ1n) is 5.48. The Balaban J connectivity index is 1.84. The van der Waals surface area contributed by atoms with Crippen LogP contribution in [0.2, 0.25) is 0 Å². The molecular formula is C12H16BrNO2. The summed E-state index contributed by atoms with van der Waals surface area (Å²) in [5.41, 5.74) is 1.30. The predicted molar refractivity (Wildman–Crippen MR) is 66.5 cm³/mol. The maximum atomic E-state index is 8.93. The molecule has 4 heteroatoms. The smallest absolute Gasteiger partial charge is 0.0930 e. The Morgan fingerprint density at radius 1 is 1.38 bits per heavy atom. The quantitative estimate of drug-likeness (QED) is 0.881. The van der Waals surface area contributed by atoms with Gasteiger partial charge in [0.25, 0.3) is 0 Å². The SMILES string of the molecule is OC[C@H]1CN[C@@H](Cc2ccc(Br)cc2)CO1. The van der Waals surface area contributed by atoms with Gasteiger partial charge in [0.1, 0.15) is 0 Å². The van der Waals surface area contributed by atoms with Crippen LogP contribution in [0.4, 0.5) is 0 Å². The molecule has 0 saturated carbocycles. The third-order valence-corrected chi connectivity index (χ3v) is 3.29. The van der Waals surface area contributed by atoms with Crippen molar-refractivity contribution >= 4 is 15.9 Å². The van der Waals surface area contributed by atoms with Gasteiger partial charge in [-0.1, -0.05) is 28.1 Å². The van der Waals surface area contributed by atoms with Crippen LogP contribution in [-0.4, -0.2) is 37.0 Å². The number of ether oxygens (including phenoxy) is 1. The summed E-state index contributed by atoms with van der Waals surface area (Å²) in [6.45, 7) is 1.50. The van der Waals surface area contributed by atoms with Crippen LogP contribution in [0.5, 0.6) is 0 Å². The van der Waals surface area contributed by atoms with E-state index in [1.54, 1.807) is 0 Å². The Morgan fingerprint density at radius 3 is 2.69 bits per heavy atom. The van der Waals surface area contributed by atoms with Crippen LogP contribution >= 0.6 is 15.9 Å². The van der Waals surface area contributed by atoms with Gasteiger partial charge in [-0.25, -0.2) is 0 Å². The molecule has 0 bridgehead atoms. The lowest BCUT2D eigenvalue weighted by molar-refractivity contribution is -0.0252. The number of benzene rings is 1. The molecule has 0 aromatic heterocycles. The molecular weight excluding hydrogens is 270 g/mol. The van der Waals surface area contributed by atoms with Crippen molar-refractivity contribution in [1.29, 1.82) is 0 Å². The minimum atomic E-state index is -0.0406. The average Bonchev–Trinajstić information content (AvgIpc) is 2.33. The van der Waals surface area contributed by atoms with Crippen LogP contribution in [-0.2, 0) is 11.2 Å². The zero-order valence-corrected chi connectivity index (χ0v) is 10.6. The first-order valence-corrected chi connectivity index (χ1v) is 6.27. The Labute approximate surface area is 104 Å². The van der Waals surface area contributed by atoms with Gasteiger partial charge < -0.3 is 15.2 Å². The van der Waals surface area contributed by atoms with Gasteiger partial charge in [0.15, 0.2) is 0 Å². The molecule has 1 fully saturated rings. The van der Waals surface area contributed by atoms with E-state index in [0.29, 0.717) is 12.6 Å². The van der Waals surface area contributed by atoms with Crippen LogP contribution in [0.15, 0.2) is 28.7 Å². The van der Waals surface area contributed by atoms with E-state index in [1.807, 2.05) is 0 Å². The molecule has 2 N–H and O–H groups in total. The van der Waals surface area contributed by atoms with Gasteiger partial charge >= 0.3 is 0 Å². The molecule has 1 aromatic rings. The Hall–Kier alpha value is -0.420. The minimum Gasteiger partial charge on any atom is -0.394 e. The van der Waals surface area contributed by atoms with E-state index in [9.17, 15) is 0 Å². The fraction of sp³-hybridized carbons (Fsp3) is 0.500. The fourth-order valence-electron chi connectivity index (χ4n) is 1.82. The maximum Gasteiger partial charge on any atom is 0.0930 e. The van der Waals surface area contributed by atoms with Crippen molar-refractivity contribution in [3.8, 4) is 0 Å². The van der Waals surface area contributed by atoms with Crippen molar-refractivity contribution in [3.63, 3.8) is 0 Å². The van der Waals surface area contributed by atoms with E-state index >= 15 is 0 Å². The second kappa shape index (κ2) is 5.77. The van der Waals surface area contributed by atoms with Crippen LogP contribution in [0.1, 0.15) is 5.56 Å². The third kappa shape index (κ3) is 3.28. The molecule has 16 heavy (non-hydrogen) atoms. The van der Waals surface area contributed by atoms with E-state index in [1.165, 1.54) is 5.56 Å². The zero-order chi connectivity index (χ0) is 11.4. The van der Waals surface area contributed by atoms with Crippen LogP contribution in [0.25, 0.3) is 0 Å². The lowest BCUT2D eigenvalue weighted by Gasteiger charge is -2.29. The summed E-state index contributed by atoms with van der Waals surface area (Å²) < 4.78 is 6.62. The fourth-order valence-corrected chi connectivity index (χ4v) is 2.09. The maximum absolute atomic E-state index is 8.93. The van der Waals surface area contributed by atoms with E-state index in [4.69, 9.17) is 9.84 Å². The molecule has 3 nitrogen and oxygen atoms in total. The highest BCUT2D eigenvalue weighted by Crippen LogP contribution is 2.13. The zero-order valence-electron chi connectivity index (χ0n) is 9.03. The molecule has 1 heterocycles. The number of aliphatic hydroxyl groups is 1. The molecule has 0 radical (unpaired) electrons. The molecule has 88 valence electrons. The second-order valence-electron chi connectivity index (χ2n) is 4.07. The van der Waals surface area contributed by atoms with Gasteiger partial charge in [0.05, 0.1) is 19.3 Å². The van der Waals surface area contributed by atoms with Gasteiger partial charge in [-0.2, -0.15) is 0 Å². The molecule has 1 aliphatic rings. The summed E-state index contributed by atoms with van der Waals surface area (Å²) in [5.74, 6) is 0. The minimum absolute atomic E-state index is 0.0406. The van der Waals surface area contributed by atoms with Gasteiger partial charge in [-0.05, 0) is 24.1 Å². The van der Waals surface area contributed by atoms with Crippen molar-refractivity contribution in [2.24, 2.45) is 0 Å². The van der Waals surface area contributed by atoms with Gasteiger partial charge in [-0.3, -0.25) is 0 Å². The number of halogens is 1. The van der Waals surface area contributed by atoms with Crippen molar-refractivity contribution in [3.05, 3.63) is 34.3 Å². The van der Waals surface area contributed by atoms with E-state index < -0.39 is 0 Å². The van der Waals surface area contributed by atoms with Crippen LogP contribution < -0.4 is 5.32 Å². The highest BCUT2D eigenvalue weighted by atomic mass is 79.9. The van der Waals surface area contributed by atoms with Crippen molar-refractivity contribution in [1.82, 2.24) is 5.32 Å². The molecule has 2 rings (SSSR count). The van der Waals surface area contributed by atoms with E-state index in [-0.39, 0.29) is 12.7 Å². The number of rotatable bonds is 3. The van der Waals surface area contributed by atoms with Crippen LogP contribution in [0.3, 0.4) is 0 Å². The van der Waals surface area contributed by atoms with E-state index in [2.05, 4.69) is 45.5 Å². The number of morpholine rings is 1. The molecule has 0 spiro atoms. The van der Waals surface area contributed by atoms with Gasteiger partial charge in [0.2, 0.25) is 0 Å². The summed E-state index contributed by atoms with van der Waals surface area (Å²) in [5, 5.41) is 12.3. The van der Waals surface area contributed by atoms with Gasteiger partial charge in [0, 0.05) is 17.1 Å². The van der Waals surface area contributed by atoms with Crippen LogP contribution in [0, 0.1) is 0 Å². The summed E-state index contributed by atoms with van der Waals surface area (Å²) in [4.78, 5) is 0. The summed E-state index contributed by atoms with van der Waals surface area (Å²) in [6.07, 6.45) is 0.923. The standard InChI is InChI=1S/C12H16BrNO2/c13-10-3-1-9(2-4-10)5-11-8-16-12(7-15)6-14-11/h1-4,11-12,14-15H,5-8H2/t11-,12+/m0/s1.